The Labute approximate surface area is 215 Å². The topological polar surface area (TPSA) is 0 Å². The maximum atomic E-state index is 2.12. The van der Waals surface area contributed by atoms with Crippen LogP contribution in [0, 0.1) is 23.7 Å². The third-order valence-corrected chi connectivity index (χ3v) is 6.75. The SMILES string of the molecule is C1CCC(CC2CCC(CC3CCCCC3)CC2)CC1.CCC.CCC.CCC.F.I. The maximum Gasteiger partial charge on any atom is -0.0411 e. The lowest BCUT2D eigenvalue weighted by atomic mass is 9.72. The molecule has 0 unspecified atom stereocenters. The molecule has 0 atom stereocenters. The average Bonchev–Trinajstić information content (AvgIpc) is 2.73. The van der Waals surface area contributed by atoms with E-state index in [9.17, 15) is 0 Å². The van der Waals surface area contributed by atoms with Crippen LogP contribution in [-0.2, 0) is 0 Å². The molecule has 3 fully saturated rings. The monoisotopic (exact) mass is 556 g/mol. The molecule has 0 saturated heterocycles. The number of hydrogen-bond donors (Lipinski definition) is 0. The van der Waals surface area contributed by atoms with E-state index in [-0.39, 0.29) is 28.7 Å². The summed E-state index contributed by atoms with van der Waals surface area (Å²) in [7, 11) is 0. The number of hydrogen-bond acceptors (Lipinski definition) is 0. The molecular formula is C29H62FI. The number of rotatable bonds is 4. The van der Waals surface area contributed by atoms with E-state index in [0.29, 0.717) is 0 Å². The van der Waals surface area contributed by atoms with Gasteiger partial charge in [-0.05, 0) is 36.5 Å². The largest absolute Gasteiger partial charge is 0.269 e. The van der Waals surface area contributed by atoms with Crippen LogP contribution in [0.4, 0.5) is 4.70 Å². The molecular weight excluding hydrogens is 494 g/mol. The summed E-state index contributed by atoms with van der Waals surface area (Å²) < 4.78 is 0. The van der Waals surface area contributed by atoms with Gasteiger partial charge in [0.05, 0.1) is 0 Å². The smallest absolute Gasteiger partial charge is 0.0411 e. The van der Waals surface area contributed by atoms with Gasteiger partial charge in [-0.1, -0.05) is 151 Å². The highest BCUT2D eigenvalue weighted by molar-refractivity contribution is 14.0. The van der Waals surface area contributed by atoms with E-state index in [1.165, 1.54) is 57.8 Å². The highest BCUT2D eigenvalue weighted by atomic mass is 127. The molecule has 0 bridgehead atoms. The highest BCUT2D eigenvalue weighted by Crippen LogP contribution is 2.40. The molecule has 31 heavy (non-hydrogen) atoms. The minimum Gasteiger partial charge on any atom is -0.269 e. The molecule has 0 amide bonds. The van der Waals surface area contributed by atoms with Gasteiger partial charge in [0, 0.05) is 0 Å². The molecule has 0 aromatic heterocycles. The third kappa shape index (κ3) is 21.0. The first-order valence-corrected chi connectivity index (χ1v) is 14.1. The third-order valence-electron chi connectivity index (χ3n) is 6.75. The summed E-state index contributed by atoms with van der Waals surface area (Å²) in [5, 5.41) is 0. The lowest BCUT2D eigenvalue weighted by Gasteiger charge is -2.34. The van der Waals surface area contributed by atoms with Gasteiger partial charge in [0.2, 0.25) is 0 Å². The fourth-order valence-electron chi connectivity index (χ4n) is 5.49. The summed E-state index contributed by atoms with van der Waals surface area (Å²) in [5.41, 5.74) is 0. The standard InChI is InChI=1S/C20H36.3C3H8.FH.HI/c1-3-7-17(8-4-1)15-19-11-13-20(14-12-19)16-18-9-5-2-6-10-18;3*1-3-2;;/h17-20H,1-16H2;3*3H2,1-2H3;2*1H. The van der Waals surface area contributed by atoms with E-state index in [2.05, 4.69) is 41.5 Å². The zero-order valence-corrected chi connectivity index (χ0v) is 24.9. The fraction of sp³-hybridized carbons (Fsp3) is 1.00. The van der Waals surface area contributed by atoms with Gasteiger partial charge in [-0.3, -0.25) is 4.70 Å². The quantitative estimate of drug-likeness (QED) is 0.302. The van der Waals surface area contributed by atoms with Crippen molar-refractivity contribution in [3.05, 3.63) is 0 Å². The van der Waals surface area contributed by atoms with Crippen LogP contribution >= 0.6 is 24.0 Å². The molecule has 0 spiro atoms. The van der Waals surface area contributed by atoms with Crippen LogP contribution in [0.5, 0.6) is 0 Å². The Morgan fingerprint density at radius 2 is 0.581 bits per heavy atom. The zero-order chi connectivity index (χ0) is 21.7. The second-order valence-corrected chi connectivity index (χ2v) is 10.5. The van der Waals surface area contributed by atoms with Crippen molar-refractivity contribution in [3.63, 3.8) is 0 Å². The molecule has 2 heteroatoms. The van der Waals surface area contributed by atoms with E-state index in [1.54, 1.807) is 64.2 Å². The molecule has 192 valence electrons. The first kappa shape index (κ1) is 36.2. The summed E-state index contributed by atoms with van der Waals surface area (Å²) in [4.78, 5) is 0. The van der Waals surface area contributed by atoms with Crippen molar-refractivity contribution in [2.75, 3.05) is 0 Å². The minimum atomic E-state index is 0. The molecule has 0 nitrogen and oxygen atoms in total. The van der Waals surface area contributed by atoms with E-state index in [1.807, 2.05) is 0 Å². The van der Waals surface area contributed by atoms with Crippen molar-refractivity contribution >= 4 is 24.0 Å². The Morgan fingerprint density at radius 3 is 0.806 bits per heavy atom. The van der Waals surface area contributed by atoms with Crippen LogP contribution in [0.2, 0.25) is 0 Å². The second-order valence-electron chi connectivity index (χ2n) is 10.5. The molecule has 0 aromatic carbocycles. The van der Waals surface area contributed by atoms with Gasteiger partial charge in [-0.15, -0.1) is 24.0 Å². The Bertz CT molecular complexity index is 267. The average molecular weight is 557 g/mol. The zero-order valence-electron chi connectivity index (χ0n) is 22.6. The predicted molar refractivity (Wildman–Crippen MR) is 154 cm³/mol. The van der Waals surface area contributed by atoms with Crippen LogP contribution in [0.1, 0.15) is 164 Å². The van der Waals surface area contributed by atoms with Crippen molar-refractivity contribution in [2.45, 2.75) is 164 Å². The minimum absolute atomic E-state index is 0. The van der Waals surface area contributed by atoms with Crippen LogP contribution in [0.25, 0.3) is 0 Å². The molecule has 3 saturated carbocycles. The van der Waals surface area contributed by atoms with E-state index in [0.717, 1.165) is 23.7 Å². The Hall–Kier alpha value is 0.660. The summed E-state index contributed by atoms with van der Waals surface area (Å²) >= 11 is 0. The van der Waals surface area contributed by atoms with Crippen LogP contribution in [-0.4, -0.2) is 0 Å². The molecule has 0 aromatic rings. The van der Waals surface area contributed by atoms with Gasteiger partial charge in [-0.25, -0.2) is 0 Å². The fourth-order valence-corrected chi connectivity index (χ4v) is 5.49. The van der Waals surface area contributed by atoms with E-state index in [4.69, 9.17) is 0 Å². The first-order chi connectivity index (χ1) is 14.1. The first-order valence-electron chi connectivity index (χ1n) is 14.1. The van der Waals surface area contributed by atoms with Crippen molar-refractivity contribution in [2.24, 2.45) is 23.7 Å². The highest BCUT2D eigenvalue weighted by Gasteiger charge is 2.26. The molecule has 0 aliphatic heterocycles. The second kappa shape index (κ2) is 26.9. The lowest BCUT2D eigenvalue weighted by molar-refractivity contribution is 0.182. The normalized spacial score (nSPS) is 23.8. The van der Waals surface area contributed by atoms with Crippen LogP contribution in [0.15, 0.2) is 0 Å². The van der Waals surface area contributed by atoms with Gasteiger partial charge in [0.15, 0.2) is 0 Å². The molecule has 0 radical (unpaired) electrons. The van der Waals surface area contributed by atoms with Crippen molar-refractivity contribution in [1.29, 1.82) is 0 Å². The summed E-state index contributed by atoms with van der Waals surface area (Å²) in [5.74, 6) is 4.45. The van der Waals surface area contributed by atoms with Gasteiger partial charge in [0.1, 0.15) is 0 Å². The molecule has 3 aliphatic carbocycles. The van der Waals surface area contributed by atoms with Crippen LogP contribution in [0.3, 0.4) is 0 Å². The van der Waals surface area contributed by atoms with Crippen molar-refractivity contribution in [1.82, 2.24) is 0 Å². The Morgan fingerprint density at radius 1 is 0.387 bits per heavy atom. The van der Waals surface area contributed by atoms with E-state index >= 15 is 0 Å². The van der Waals surface area contributed by atoms with Gasteiger partial charge >= 0.3 is 0 Å². The summed E-state index contributed by atoms with van der Waals surface area (Å²) in [6, 6.07) is 0. The van der Waals surface area contributed by atoms with Gasteiger partial charge < -0.3 is 0 Å². The van der Waals surface area contributed by atoms with Gasteiger partial charge in [-0.2, -0.15) is 0 Å². The molecule has 3 aliphatic rings. The van der Waals surface area contributed by atoms with E-state index < -0.39 is 0 Å². The predicted octanol–water partition coefficient (Wildman–Crippen LogP) is 11.8. The molecule has 3 rings (SSSR count). The summed E-state index contributed by atoms with van der Waals surface area (Å²) in [6.45, 7) is 12.8. The van der Waals surface area contributed by atoms with Crippen molar-refractivity contribution < 1.29 is 4.70 Å². The van der Waals surface area contributed by atoms with Crippen molar-refractivity contribution in [3.8, 4) is 0 Å². The molecule has 0 N–H and O–H groups in total. The Kier molecular flexibility index (Phi) is 31.5. The summed E-state index contributed by atoms with van der Waals surface area (Å²) in [6.07, 6.45) is 28.6. The Balaban J connectivity index is -0.000000620. The number of halogens is 2. The molecule has 0 heterocycles. The van der Waals surface area contributed by atoms with Crippen LogP contribution < -0.4 is 0 Å². The maximum absolute atomic E-state index is 2.12. The lowest BCUT2D eigenvalue weighted by Crippen LogP contribution is -2.21. The van der Waals surface area contributed by atoms with Gasteiger partial charge in [0.25, 0.3) is 0 Å².